The maximum Gasteiger partial charge on any atom is 0.354 e. The summed E-state index contributed by atoms with van der Waals surface area (Å²) in [6.07, 6.45) is 0. The number of benzene rings is 1. The summed E-state index contributed by atoms with van der Waals surface area (Å²) < 4.78 is 0.837. The molecule has 0 saturated heterocycles. The van der Waals surface area contributed by atoms with Gasteiger partial charge in [0, 0.05) is 22.8 Å². The summed E-state index contributed by atoms with van der Waals surface area (Å²) >= 11 is 3.27. The van der Waals surface area contributed by atoms with Crippen LogP contribution in [0, 0.1) is 5.41 Å². The highest BCUT2D eigenvalue weighted by molar-refractivity contribution is 9.10. The summed E-state index contributed by atoms with van der Waals surface area (Å²) in [6.45, 7) is 0. The first-order valence-electron chi connectivity index (χ1n) is 3.85. The number of halogens is 1. The maximum atomic E-state index is 10.6. The van der Waals surface area contributed by atoms with Gasteiger partial charge in [0.05, 0.1) is 0 Å². The Morgan fingerprint density at radius 3 is 2.71 bits per heavy atom. The molecule has 0 atom stereocenters. The average Bonchev–Trinajstić information content (AvgIpc) is 2.16. The number of aliphatic carboxylic acids is 1. The molecule has 0 amide bonds. The van der Waals surface area contributed by atoms with Gasteiger partial charge in [0.1, 0.15) is 5.71 Å². The van der Waals surface area contributed by atoms with Crippen LogP contribution in [-0.4, -0.2) is 23.8 Å². The van der Waals surface area contributed by atoms with Crippen molar-refractivity contribution >= 4 is 33.3 Å². The first kappa shape index (κ1) is 10.7. The summed E-state index contributed by atoms with van der Waals surface area (Å²) in [5, 5.41) is 18.8. The van der Waals surface area contributed by atoms with E-state index in [0.29, 0.717) is 11.3 Å². The van der Waals surface area contributed by atoms with Crippen molar-refractivity contribution < 1.29 is 9.90 Å². The molecule has 0 aliphatic heterocycles. The van der Waals surface area contributed by atoms with Crippen molar-refractivity contribution in [2.24, 2.45) is 0 Å². The lowest BCUT2D eigenvalue weighted by atomic mass is 10.1. The Balaban J connectivity index is 3.20. The standard InChI is InChI=1S/C9H9BrN2O2/c1-12-7-4-5(10)2-3-6(7)8(11)9(13)14/h2-4,11-12H,1H3,(H,13,14). The summed E-state index contributed by atoms with van der Waals surface area (Å²) in [4.78, 5) is 10.6. The van der Waals surface area contributed by atoms with E-state index < -0.39 is 11.7 Å². The van der Waals surface area contributed by atoms with Crippen molar-refractivity contribution in [3.8, 4) is 0 Å². The third kappa shape index (κ3) is 2.11. The Morgan fingerprint density at radius 1 is 1.57 bits per heavy atom. The zero-order chi connectivity index (χ0) is 10.7. The molecule has 1 aromatic carbocycles. The molecule has 3 N–H and O–H groups in total. The molecular formula is C9H9BrN2O2. The van der Waals surface area contributed by atoms with E-state index in [9.17, 15) is 4.79 Å². The van der Waals surface area contributed by atoms with Gasteiger partial charge in [-0.1, -0.05) is 15.9 Å². The second-order valence-corrected chi connectivity index (χ2v) is 3.54. The Labute approximate surface area is 89.6 Å². The third-order valence-corrected chi connectivity index (χ3v) is 2.23. The Hall–Kier alpha value is -1.36. The van der Waals surface area contributed by atoms with E-state index in [-0.39, 0.29) is 0 Å². The largest absolute Gasteiger partial charge is 0.477 e. The molecule has 0 aliphatic carbocycles. The molecule has 4 nitrogen and oxygen atoms in total. The minimum atomic E-state index is -1.23. The number of nitrogens with one attached hydrogen (secondary N) is 2. The molecule has 0 aliphatic rings. The molecule has 0 unspecified atom stereocenters. The molecule has 5 heteroatoms. The highest BCUT2D eigenvalue weighted by Crippen LogP contribution is 2.21. The molecule has 14 heavy (non-hydrogen) atoms. The fourth-order valence-electron chi connectivity index (χ4n) is 1.06. The van der Waals surface area contributed by atoms with Crippen LogP contribution in [0.3, 0.4) is 0 Å². The lowest BCUT2D eigenvalue weighted by Crippen LogP contribution is -2.14. The molecule has 1 aromatic rings. The van der Waals surface area contributed by atoms with E-state index >= 15 is 0 Å². The van der Waals surface area contributed by atoms with Crippen molar-refractivity contribution in [3.63, 3.8) is 0 Å². The second kappa shape index (κ2) is 4.23. The van der Waals surface area contributed by atoms with Crippen LogP contribution in [0.1, 0.15) is 5.56 Å². The van der Waals surface area contributed by atoms with Crippen LogP contribution in [-0.2, 0) is 4.79 Å². The van der Waals surface area contributed by atoms with E-state index in [1.54, 1.807) is 25.2 Å². The monoisotopic (exact) mass is 256 g/mol. The van der Waals surface area contributed by atoms with Gasteiger partial charge in [0.15, 0.2) is 0 Å². The van der Waals surface area contributed by atoms with Crippen molar-refractivity contribution in [1.82, 2.24) is 0 Å². The number of rotatable bonds is 3. The fraction of sp³-hybridized carbons (Fsp3) is 0.111. The van der Waals surface area contributed by atoms with Gasteiger partial charge in [0.2, 0.25) is 0 Å². The highest BCUT2D eigenvalue weighted by Gasteiger charge is 2.13. The van der Waals surface area contributed by atoms with Crippen LogP contribution in [0.15, 0.2) is 22.7 Å². The van der Waals surface area contributed by atoms with Gasteiger partial charge in [-0.2, -0.15) is 0 Å². The molecule has 0 radical (unpaired) electrons. The van der Waals surface area contributed by atoms with Crippen LogP contribution < -0.4 is 5.32 Å². The van der Waals surface area contributed by atoms with Crippen molar-refractivity contribution in [2.45, 2.75) is 0 Å². The summed E-state index contributed by atoms with van der Waals surface area (Å²) in [5.74, 6) is -1.23. The normalized spacial score (nSPS) is 9.57. The minimum Gasteiger partial charge on any atom is -0.477 e. The van der Waals surface area contributed by atoms with Gasteiger partial charge in [-0.05, 0) is 18.2 Å². The molecule has 0 bridgehead atoms. The summed E-state index contributed by atoms with van der Waals surface area (Å²) in [5.41, 5.74) is 0.580. The first-order chi connectivity index (χ1) is 6.56. The van der Waals surface area contributed by atoms with E-state index in [1.807, 2.05) is 0 Å². The van der Waals surface area contributed by atoms with Gasteiger partial charge < -0.3 is 10.4 Å². The quantitative estimate of drug-likeness (QED) is 0.724. The van der Waals surface area contributed by atoms with Crippen LogP contribution in [0.25, 0.3) is 0 Å². The van der Waals surface area contributed by atoms with Crippen molar-refractivity contribution in [3.05, 3.63) is 28.2 Å². The van der Waals surface area contributed by atoms with Crippen LogP contribution in [0.4, 0.5) is 5.69 Å². The predicted octanol–water partition coefficient (Wildman–Crippen LogP) is 1.94. The fourth-order valence-corrected chi connectivity index (χ4v) is 1.42. The number of carboxylic acid groups (broad SMARTS) is 1. The van der Waals surface area contributed by atoms with Gasteiger partial charge in [0.25, 0.3) is 0 Å². The molecule has 0 heterocycles. The molecule has 1 rings (SSSR count). The smallest absolute Gasteiger partial charge is 0.354 e. The molecule has 0 saturated carbocycles. The van der Waals surface area contributed by atoms with Crippen LogP contribution in [0.2, 0.25) is 0 Å². The Morgan fingerprint density at radius 2 is 2.21 bits per heavy atom. The lowest BCUT2D eigenvalue weighted by Gasteiger charge is -2.07. The van der Waals surface area contributed by atoms with Gasteiger partial charge >= 0.3 is 5.97 Å². The predicted molar refractivity (Wildman–Crippen MR) is 58.2 cm³/mol. The molecule has 0 spiro atoms. The average molecular weight is 257 g/mol. The number of carboxylic acids is 1. The first-order valence-corrected chi connectivity index (χ1v) is 4.65. The molecular weight excluding hydrogens is 248 g/mol. The Kier molecular flexibility index (Phi) is 3.24. The molecule has 74 valence electrons. The number of carbonyl (C=O) groups is 1. The second-order valence-electron chi connectivity index (χ2n) is 2.62. The van der Waals surface area contributed by atoms with E-state index in [0.717, 1.165) is 4.47 Å². The van der Waals surface area contributed by atoms with E-state index in [1.165, 1.54) is 0 Å². The topological polar surface area (TPSA) is 73.2 Å². The summed E-state index contributed by atoms with van der Waals surface area (Å²) in [6, 6.07) is 5.02. The van der Waals surface area contributed by atoms with Gasteiger partial charge in [-0.3, -0.25) is 5.41 Å². The highest BCUT2D eigenvalue weighted by atomic mass is 79.9. The van der Waals surface area contributed by atoms with Gasteiger partial charge in [-0.15, -0.1) is 0 Å². The zero-order valence-electron chi connectivity index (χ0n) is 7.47. The van der Waals surface area contributed by atoms with Gasteiger partial charge in [-0.25, -0.2) is 4.79 Å². The van der Waals surface area contributed by atoms with E-state index in [4.69, 9.17) is 10.5 Å². The number of anilines is 1. The lowest BCUT2D eigenvalue weighted by molar-refractivity contribution is -0.129. The molecule has 0 fully saturated rings. The van der Waals surface area contributed by atoms with E-state index in [2.05, 4.69) is 21.2 Å². The maximum absolute atomic E-state index is 10.6. The van der Waals surface area contributed by atoms with Crippen LogP contribution >= 0.6 is 15.9 Å². The zero-order valence-corrected chi connectivity index (χ0v) is 9.05. The summed E-state index contributed by atoms with van der Waals surface area (Å²) in [7, 11) is 1.68. The van der Waals surface area contributed by atoms with Crippen molar-refractivity contribution in [2.75, 3.05) is 12.4 Å². The van der Waals surface area contributed by atoms with Crippen LogP contribution in [0.5, 0.6) is 0 Å². The third-order valence-electron chi connectivity index (χ3n) is 1.73. The Bertz CT molecular complexity index is 390. The number of hydrogen-bond donors (Lipinski definition) is 3. The SMILES string of the molecule is CNc1cc(Br)ccc1C(=N)C(=O)O. The minimum absolute atomic E-state index is 0.378. The molecule has 0 aromatic heterocycles. The number of hydrogen-bond acceptors (Lipinski definition) is 3. The van der Waals surface area contributed by atoms with Crippen molar-refractivity contribution in [1.29, 1.82) is 5.41 Å².